The number of benzene rings is 1. The van der Waals surface area contributed by atoms with E-state index in [1.165, 1.54) is 5.56 Å². The minimum atomic E-state index is 0.0303. The van der Waals surface area contributed by atoms with Gasteiger partial charge in [0.1, 0.15) is 0 Å². The van der Waals surface area contributed by atoms with E-state index >= 15 is 0 Å². The molecule has 1 aliphatic rings. The summed E-state index contributed by atoms with van der Waals surface area (Å²) in [6.07, 6.45) is 0. The Morgan fingerprint density at radius 1 is 1.17 bits per heavy atom. The summed E-state index contributed by atoms with van der Waals surface area (Å²) in [6, 6.07) is 9.99. The van der Waals surface area contributed by atoms with E-state index in [-0.39, 0.29) is 11.9 Å². The number of thiophene rings is 1. The third-order valence-corrected chi connectivity index (χ3v) is 6.59. The van der Waals surface area contributed by atoms with Crippen molar-refractivity contribution in [1.82, 2.24) is 20.0 Å². The van der Waals surface area contributed by atoms with Gasteiger partial charge in [-0.1, -0.05) is 18.2 Å². The molecule has 1 N–H and O–H groups in total. The number of nitrogens with one attached hydrogen (secondary N) is 1. The van der Waals surface area contributed by atoms with Crippen LogP contribution in [0.4, 0.5) is 5.69 Å². The largest absolute Gasteiger partial charge is 0.418 e. The molecule has 1 saturated heterocycles. The average molecular weight is 426 g/mol. The minimum absolute atomic E-state index is 0.0303. The van der Waals surface area contributed by atoms with E-state index in [0.29, 0.717) is 18.3 Å². The molecule has 2 aromatic heterocycles. The van der Waals surface area contributed by atoms with Crippen LogP contribution < -0.4 is 5.32 Å². The minimum Gasteiger partial charge on any atom is -0.418 e. The number of hydrogen-bond donors (Lipinski definition) is 1. The second kappa shape index (κ2) is 9.07. The van der Waals surface area contributed by atoms with Crippen molar-refractivity contribution in [3.8, 4) is 10.8 Å². The highest BCUT2D eigenvalue weighted by Crippen LogP contribution is 2.27. The number of rotatable bonds is 6. The van der Waals surface area contributed by atoms with E-state index in [0.717, 1.165) is 42.3 Å². The lowest BCUT2D eigenvalue weighted by Crippen LogP contribution is -2.49. The summed E-state index contributed by atoms with van der Waals surface area (Å²) in [5, 5.41) is 13.5. The Balaban J connectivity index is 1.28. The maximum Gasteiger partial charge on any atom is 0.257 e. The van der Waals surface area contributed by atoms with Crippen molar-refractivity contribution >= 4 is 22.9 Å². The van der Waals surface area contributed by atoms with E-state index in [9.17, 15) is 4.79 Å². The third kappa shape index (κ3) is 4.61. The van der Waals surface area contributed by atoms with E-state index < -0.39 is 0 Å². The second-order valence-electron chi connectivity index (χ2n) is 7.71. The zero-order valence-corrected chi connectivity index (χ0v) is 18.4. The lowest BCUT2D eigenvalue weighted by molar-refractivity contribution is -0.117. The number of nitrogens with zero attached hydrogens (tertiary/aromatic N) is 4. The lowest BCUT2D eigenvalue weighted by Gasteiger charge is -2.36. The van der Waals surface area contributed by atoms with Crippen molar-refractivity contribution in [3.05, 3.63) is 52.7 Å². The van der Waals surface area contributed by atoms with Crippen molar-refractivity contribution in [2.24, 2.45) is 0 Å². The Labute approximate surface area is 180 Å². The zero-order chi connectivity index (χ0) is 21.1. The topological polar surface area (TPSA) is 74.5 Å². The second-order valence-corrected chi connectivity index (χ2v) is 8.65. The van der Waals surface area contributed by atoms with E-state index in [1.807, 2.05) is 36.6 Å². The molecule has 0 spiro atoms. The maximum absolute atomic E-state index is 12.5. The van der Waals surface area contributed by atoms with Crippen LogP contribution in [0.2, 0.25) is 0 Å². The van der Waals surface area contributed by atoms with E-state index in [1.54, 1.807) is 11.3 Å². The van der Waals surface area contributed by atoms with Gasteiger partial charge in [-0.3, -0.25) is 14.6 Å². The molecule has 0 saturated carbocycles. The summed E-state index contributed by atoms with van der Waals surface area (Å²) in [4.78, 5) is 18.0. The Hall–Kier alpha value is -2.55. The molecule has 0 bridgehead atoms. The number of anilines is 1. The first-order valence-electron chi connectivity index (χ1n) is 10.2. The van der Waals surface area contributed by atoms with Gasteiger partial charge in [0, 0.05) is 31.9 Å². The molecule has 0 aliphatic carbocycles. The molecule has 158 valence electrons. The Bertz CT molecular complexity index is 993. The van der Waals surface area contributed by atoms with E-state index in [2.05, 4.69) is 45.2 Å². The van der Waals surface area contributed by atoms with Crippen molar-refractivity contribution in [3.63, 3.8) is 0 Å². The molecule has 3 heterocycles. The summed E-state index contributed by atoms with van der Waals surface area (Å²) in [5.74, 6) is 1.25. The number of aromatic nitrogens is 2. The summed E-state index contributed by atoms with van der Waals surface area (Å²) in [6.45, 7) is 9.95. The van der Waals surface area contributed by atoms with Gasteiger partial charge in [0.25, 0.3) is 5.89 Å². The van der Waals surface area contributed by atoms with Crippen molar-refractivity contribution in [1.29, 1.82) is 0 Å². The fourth-order valence-corrected chi connectivity index (χ4v) is 4.29. The van der Waals surface area contributed by atoms with E-state index in [4.69, 9.17) is 4.42 Å². The van der Waals surface area contributed by atoms with Crippen LogP contribution in [-0.4, -0.2) is 58.6 Å². The van der Waals surface area contributed by atoms with Gasteiger partial charge in [0.15, 0.2) is 0 Å². The van der Waals surface area contributed by atoms with Crippen molar-refractivity contribution in [2.45, 2.75) is 26.8 Å². The summed E-state index contributed by atoms with van der Waals surface area (Å²) in [7, 11) is 0. The standard InChI is InChI=1S/C22H27N5O2S/c1-15-6-4-7-18(16(15)2)23-20(28)14-26-9-11-27(12-10-26)17(3)21-24-25-22(29-21)19-8-5-13-30-19/h4-8,13,17H,9-12,14H2,1-3H3,(H,23,28)/t17-/m1/s1. The molecule has 1 fully saturated rings. The molecule has 3 aromatic rings. The molecular formula is C22H27N5O2S. The fraction of sp³-hybridized carbons (Fsp3) is 0.409. The molecule has 8 heteroatoms. The Morgan fingerprint density at radius 3 is 2.70 bits per heavy atom. The van der Waals surface area contributed by atoms with Crippen LogP contribution in [-0.2, 0) is 4.79 Å². The number of amides is 1. The first-order valence-corrected chi connectivity index (χ1v) is 11.1. The van der Waals surface area contributed by atoms with Crippen LogP contribution in [0.3, 0.4) is 0 Å². The van der Waals surface area contributed by atoms with Crippen LogP contribution in [0.15, 0.2) is 40.1 Å². The molecule has 30 heavy (non-hydrogen) atoms. The molecule has 1 aromatic carbocycles. The summed E-state index contributed by atoms with van der Waals surface area (Å²) >= 11 is 1.59. The van der Waals surface area contributed by atoms with Crippen LogP contribution in [0.25, 0.3) is 10.8 Å². The first-order chi connectivity index (χ1) is 14.5. The average Bonchev–Trinajstić information content (AvgIpc) is 3.43. The van der Waals surface area contributed by atoms with Crippen LogP contribution >= 0.6 is 11.3 Å². The molecule has 1 atom stereocenters. The highest BCUT2D eigenvalue weighted by atomic mass is 32.1. The molecule has 1 amide bonds. The summed E-state index contributed by atoms with van der Waals surface area (Å²) < 4.78 is 5.89. The lowest BCUT2D eigenvalue weighted by atomic mass is 10.1. The monoisotopic (exact) mass is 425 g/mol. The summed E-state index contributed by atoms with van der Waals surface area (Å²) in [5.41, 5.74) is 3.19. The fourth-order valence-electron chi connectivity index (χ4n) is 3.65. The molecule has 7 nitrogen and oxygen atoms in total. The third-order valence-electron chi connectivity index (χ3n) is 5.73. The maximum atomic E-state index is 12.5. The van der Waals surface area contributed by atoms with Gasteiger partial charge >= 0.3 is 0 Å². The highest BCUT2D eigenvalue weighted by molar-refractivity contribution is 7.13. The van der Waals surface area contributed by atoms with Gasteiger partial charge < -0.3 is 9.73 Å². The molecule has 1 aliphatic heterocycles. The quantitative estimate of drug-likeness (QED) is 0.649. The molecule has 0 unspecified atom stereocenters. The van der Waals surface area contributed by atoms with Crippen LogP contribution in [0, 0.1) is 13.8 Å². The van der Waals surface area contributed by atoms with Gasteiger partial charge in [-0.15, -0.1) is 21.5 Å². The van der Waals surface area contributed by atoms with Crippen molar-refractivity contribution < 1.29 is 9.21 Å². The molecular weight excluding hydrogens is 398 g/mol. The van der Waals surface area contributed by atoms with Crippen LogP contribution in [0.5, 0.6) is 0 Å². The number of carbonyl (C=O) groups excluding carboxylic acids is 1. The van der Waals surface area contributed by atoms with Gasteiger partial charge in [-0.25, -0.2) is 0 Å². The van der Waals surface area contributed by atoms with Crippen molar-refractivity contribution in [2.75, 3.05) is 38.0 Å². The number of aryl methyl sites for hydroxylation is 1. The number of piperazine rings is 1. The number of hydrogen-bond acceptors (Lipinski definition) is 7. The van der Waals surface area contributed by atoms with Crippen LogP contribution in [0.1, 0.15) is 30.0 Å². The highest BCUT2D eigenvalue weighted by Gasteiger charge is 2.26. The zero-order valence-electron chi connectivity index (χ0n) is 17.6. The molecule has 0 radical (unpaired) electrons. The smallest absolute Gasteiger partial charge is 0.257 e. The normalized spacial score (nSPS) is 16.5. The predicted molar refractivity (Wildman–Crippen MR) is 119 cm³/mol. The Morgan fingerprint density at radius 2 is 1.97 bits per heavy atom. The van der Waals surface area contributed by atoms with Gasteiger partial charge in [0.2, 0.25) is 11.8 Å². The number of carbonyl (C=O) groups is 1. The molecule has 4 rings (SSSR count). The SMILES string of the molecule is Cc1cccc(NC(=O)CN2CCN([C@H](C)c3nnc(-c4cccs4)o3)CC2)c1C. The Kier molecular flexibility index (Phi) is 6.26. The van der Waals surface area contributed by atoms with Gasteiger partial charge in [0.05, 0.1) is 17.5 Å². The predicted octanol–water partition coefficient (Wildman–Crippen LogP) is 3.73. The van der Waals surface area contributed by atoms with Gasteiger partial charge in [-0.2, -0.15) is 0 Å². The first kappa shape index (κ1) is 20.7. The van der Waals surface area contributed by atoms with Gasteiger partial charge in [-0.05, 0) is 49.4 Å².